The summed E-state index contributed by atoms with van der Waals surface area (Å²) in [4.78, 5) is 23.9. The van der Waals surface area contributed by atoms with Gasteiger partial charge in [-0.1, -0.05) is 0 Å². The minimum atomic E-state index is -0.0829. The number of ether oxygens (including phenoxy) is 1. The van der Waals surface area contributed by atoms with Crippen LogP contribution in [-0.4, -0.2) is 18.8 Å². The molecule has 1 aliphatic heterocycles. The van der Waals surface area contributed by atoms with Crippen molar-refractivity contribution in [1.82, 2.24) is 0 Å². The second kappa shape index (κ2) is 5.33. The van der Waals surface area contributed by atoms with Crippen LogP contribution in [0.15, 0.2) is 40.9 Å². The lowest BCUT2D eigenvalue weighted by atomic mass is 10.0. The van der Waals surface area contributed by atoms with Crippen LogP contribution < -0.4 is 10.1 Å². The van der Waals surface area contributed by atoms with Gasteiger partial charge >= 0.3 is 0 Å². The predicted octanol–water partition coefficient (Wildman–Crippen LogP) is 3.18. The third-order valence-corrected chi connectivity index (χ3v) is 4.03. The van der Waals surface area contributed by atoms with Crippen LogP contribution in [0.2, 0.25) is 0 Å². The molecule has 0 aromatic heterocycles. The standard InChI is InChI=1S/C16H12BrNO3/c1-21-14-5-3-10(7-12(14)17)16(20)9-2-4-13-11(6-9)8-15(19)18-13/h2-7H,8H2,1H3,(H,18,19). The van der Waals surface area contributed by atoms with E-state index in [1.165, 1.54) is 0 Å². The lowest BCUT2D eigenvalue weighted by Crippen LogP contribution is -2.03. The zero-order valence-corrected chi connectivity index (χ0v) is 12.9. The average Bonchev–Trinajstić information content (AvgIpc) is 2.85. The highest BCUT2D eigenvalue weighted by Gasteiger charge is 2.20. The van der Waals surface area contributed by atoms with E-state index in [-0.39, 0.29) is 11.7 Å². The summed E-state index contributed by atoms with van der Waals surface area (Å²) in [5.74, 6) is 0.553. The number of ketones is 1. The molecule has 0 aliphatic carbocycles. The minimum absolute atomic E-state index is 0.0400. The summed E-state index contributed by atoms with van der Waals surface area (Å²) in [5, 5.41) is 2.75. The van der Waals surface area contributed by atoms with Gasteiger partial charge in [-0.05, 0) is 57.9 Å². The molecule has 1 heterocycles. The summed E-state index contributed by atoms with van der Waals surface area (Å²) in [6.07, 6.45) is 0.322. The molecule has 4 nitrogen and oxygen atoms in total. The zero-order chi connectivity index (χ0) is 15.0. The first-order valence-corrected chi connectivity index (χ1v) is 7.19. The fourth-order valence-corrected chi connectivity index (χ4v) is 2.89. The molecule has 0 unspecified atom stereocenters. The number of halogens is 1. The topological polar surface area (TPSA) is 55.4 Å². The number of hydrogen-bond donors (Lipinski definition) is 1. The van der Waals surface area contributed by atoms with E-state index < -0.39 is 0 Å². The second-order valence-electron chi connectivity index (χ2n) is 4.78. The molecular weight excluding hydrogens is 334 g/mol. The molecule has 5 heteroatoms. The summed E-state index contributed by atoms with van der Waals surface area (Å²) in [5.41, 5.74) is 2.79. The first-order valence-electron chi connectivity index (χ1n) is 6.39. The first kappa shape index (κ1) is 13.8. The van der Waals surface area contributed by atoms with E-state index in [0.29, 0.717) is 23.3 Å². The van der Waals surface area contributed by atoms with E-state index in [1.807, 2.05) is 0 Å². The van der Waals surface area contributed by atoms with Crippen molar-refractivity contribution in [2.45, 2.75) is 6.42 Å². The Morgan fingerprint density at radius 3 is 2.62 bits per heavy atom. The van der Waals surface area contributed by atoms with Gasteiger partial charge in [0.2, 0.25) is 5.91 Å². The molecule has 1 N–H and O–H groups in total. The number of hydrogen-bond acceptors (Lipinski definition) is 3. The summed E-state index contributed by atoms with van der Waals surface area (Å²) in [6.45, 7) is 0. The molecular formula is C16H12BrNO3. The van der Waals surface area contributed by atoms with Crippen molar-refractivity contribution in [3.8, 4) is 5.75 Å². The maximum Gasteiger partial charge on any atom is 0.228 e. The number of amides is 1. The largest absolute Gasteiger partial charge is 0.496 e. The molecule has 3 rings (SSSR count). The molecule has 0 radical (unpaired) electrons. The number of rotatable bonds is 3. The maximum absolute atomic E-state index is 12.5. The van der Waals surface area contributed by atoms with Gasteiger partial charge in [0.1, 0.15) is 5.75 Å². The summed E-state index contributed by atoms with van der Waals surface area (Å²) in [7, 11) is 1.58. The third-order valence-electron chi connectivity index (χ3n) is 3.41. The van der Waals surface area contributed by atoms with Crippen LogP contribution in [0.3, 0.4) is 0 Å². The minimum Gasteiger partial charge on any atom is -0.496 e. The third kappa shape index (κ3) is 2.56. The van der Waals surface area contributed by atoms with Crippen molar-refractivity contribution in [2.24, 2.45) is 0 Å². The van der Waals surface area contributed by atoms with Gasteiger partial charge in [0.05, 0.1) is 18.0 Å². The van der Waals surface area contributed by atoms with Gasteiger partial charge in [0.15, 0.2) is 5.78 Å². The Bertz CT molecular complexity index is 755. The number of fused-ring (bicyclic) bond motifs is 1. The highest BCUT2D eigenvalue weighted by Crippen LogP contribution is 2.28. The van der Waals surface area contributed by atoms with Gasteiger partial charge in [-0.3, -0.25) is 9.59 Å². The molecule has 0 bridgehead atoms. The van der Waals surface area contributed by atoms with Gasteiger partial charge in [-0.2, -0.15) is 0 Å². The van der Waals surface area contributed by atoms with Crippen LogP contribution in [0, 0.1) is 0 Å². The van der Waals surface area contributed by atoms with Gasteiger partial charge in [-0.25, -0.2) is 0 Å². The summed E-state index contributed by atoms with van der Waals surface area (Å²) >= 11 is 3.37. The Labute approximate surface area is 130 Å². The molecule has 1 amide bonds. The van der Waals surface area contributed by atoms with Crippen molar-refractivity contribution < 1.29 is 14.3 Å². The number of anilines is 1. The number of methoxy groups -OCH3 is 1. The Morgan fingerprint density at radius 2 is 1.90 bits per heavy atom. The molecule has 0 saturated carbocycles. The normalized spacial score (nSPS) is 12.8. The Balaban J connectivity index is 1.94. The number of carbonyl (C=O) groups excluding carboxylic acids is 2. The fraction of sp³-hybridized carbons (Fsp3) is 0.125. The Kier molecular flexibility index (Phi) is 3.51. The second-order valence-corrected chi connectivity index (χ2v) is 5.63. The average molecular weight is 346 g/mol. The monoisotopic (exact) mass is 345 g/mol. The summed E-state index contributed by atoms with van der Waals surface area (Å²) in [6, 6.07) is 10.5. The van der Waals surface area contributed by atoms with Crippen LogP contribution in [0.25, 0.3) is 0 Å². The number of benzene rings is 2. The lowest BCUT2D eigenvalue weighted by Gasteiger charge is -2.07. The molecule has 2 aromatic rings. The molecule has 0 fully saturated rings. The van der Waals surface area contributed by atoms with Crippen LogP contribution in [0.4, 0.5) is 5.69 Å². The Hall–Kier alpha value is -2.14. The van der Waals surface area contributed by atoms with Crippen molar-refractivity contribution in [3.63, 3.8) is 0 Å². The van der Waals surface area contributed by atoms with Crippen LogP contribution in [-0.2, 0) is 11.2 Å². The van der Waals surface area contributed by atoms with E-state index >= 15 is 0 Å². The van der Waals surface area contributed by atoms with E-state index in [2.05, 4.69) is 21.2 Å². The molecule has 1 aliphatic rings. The highest BCUT2D eigenvalue weighted by molar-refractivity contribution is 9.10. The fourth-order valence-electron chi connectivity index (χ4n) is 2.34. The van der Waals surface area contributed by atoms with Crippen molar-refractivity contribution in [3.05, 3.63) is 57.6 Å². The first-order chi connectivity index (χ1) is 10.1. The van der Waals surface area contributed by atoms with Gasteiger partial charge in [-0.15, -0.1) is 0 Å². The van der Waals surface area contributed by atoms with Crippen molar-refractivity contribution in [1.29, 1.82) is 0 Å². The maximum atomic E-state index is 12.5. The van der Waals surface area contributed by atoms with Gasteiger partial charge in [0.25, 0.3) is 0 Å². The lowest BCUT2D eigenvalue weighted by molar-refractivity contribution is -0.115. The SMILES string of the molecule is COc1ccc(C(=O)c2ccc3c(c2)CC(=O)N3)cc1Br. The molecule has 2 aromatic carbocycles. The zero-order valence-electron chi connectivity index (χ0n) is 11.3. The molecule has 0 saturated heterocycles. The molecule has 0 spiro atoms. The molecule has 0 atom stereocenters. The molecule has 106 valence electrons. The van der Waals surface area contributed by atoms with E-state index in [9.17, 15) is 9.59 Å². The Morgan fingerprint density at radius 1 is 1.19 bits per heavy atom. The van der Waals surface area contributed by atoms with Crippen molar-refractivity contribution >= 4 is 33.3 Å². The van der Waals surface area contributed by atoms with Crippen LogP contribution in [0.5, 0.6) is 5.75 Å². The number of nitrogens with one attached hydrogen (secondary N) is 1. The van der Waals surface area contributed by atoms with Crippen molar-refractivity contribution in [2.75, 3.05) is 12.4 Å². The van der Waals surface area contributed by atoms with E-state index in [0.717, 1.165) is 15.7 Å². The number of carbonyl (C=O) groups is 2. The van der Waals surface area contributed by atoms with Crippen LogP contribution >= 0.6 is 15.9 Å². The van der Waals surface area contributed by atoms with E-state index in [4.69, 9.17) is 4.74 Å². The smallest absolute Gasteiger partial charge is 0.228 e. The highest BCUT2D eigenvalue weighted by atomic mass is 79.9. The summed E-state index contributed by atoms with van der Waals surface area (Å²) < 4.78 is 5.88. The van der Waals surface area contributed by atoms with E-state index in [1.54, 1.807) is 43.5 Å². The predicted molar refractivity (Wildman–Crippen MR) is 82.9 cm³/mol. The van der Waals surface area contributed by atoms with Gasteiger partial charge < -0.3 is 10.1 Å². The van der Waals surface area contributed by atoms with Gasteiger partial charge in [0, 0.05) is 16.8 Å². The molecule has 21 heavy (non-hydrogen) atoms. The quantitative estimate of drug-likeness (QED) is 0.869. The van der Waals surface area contributed by atoms with Crippen LogP contribution in [0.1, 0.15) is 21.5 Å².